The first-order chi connectivity index (χ1) is 9.56. The molecule has 1 aliphatic rings. The topological polar surface area (TPSA) is 66.8 Å². The molecule has 20 heavy (non-hydrogen) atoms. The van der Waals surface area contributed by atoms with Gasteiger partial charge in [0.05, 0.1) is 11.5 Å². The number of rotatable bonds is 1. The van der Waals surface area contributed by atoms with Crippen LogP contribution in [0.1, 0.15) is 28.8 Å². The molecule has 3 rings (SSSR count). The summed E-state index contributed by atoms with van der Waals surface area (Å²) in [7, 11) is 0. The van der Waals surface area contributed by atoms with Crippen LogP contribution < -0.4 is 4.74 Å². The van der Waals surface area contributed by atoms with Crippen LogP contribution in [0.15, 0.2) is 42.5 Å². The van der Waals surface area contributed by atoms with Crippen molar-refractivity contribution in [2.24, 2.45) is 0 Å². The van der Waals surface area contributed by atoms with Gasteiger partial charge in [-0.25, -0.2) is 0 Å². The van der Waals surface area contributed by atoms with Crippen molar-refractivity contribution in [2.75, 3.05) is 0 Å². The van der Waals surface area contributed by atoms with Gasteiger partial charge in [-0.3, -0.25) is 4.79 Å². The molecule has 0 spiro atoms. The number of hydrogen-bond acceptors (Lipinski definition) is 4. The summed E-state index contributed by atoms with van der Waals surface area (Å²) in [6, 6.07) is 11.1. The van der Waals surface area contributed by atoms with Gasteiger partial charge < -0.3 is 14.9 Å². The fourth-order valence-electron chi connectivity index (χ4n) is 2.57. The highest BCUT2D eigenvalue weighted by atomic mass is 16.5. The molecular weight excluding hydrogens is 256 g/mol. The Kier molecular flexibility index (Phi) is 2.86. The molecule has 2 atom stereocenters. The molecule has 4 nitrogen and oxygen atoms in total. The number of Topliss-reactive ketones (excluding diaryl/α,β-unsaturated/α-hetero) is 1. The highest BCUT2D eigenvalue weighted by Crippen LogP contribution is 2.38. The van der Waals surface area contributed by atoms with Gasteiger partial charge in [-0.2, -0.15) is 0 Å². The van der Waals surface area contributed by atoms with E-state index in [9.17, 15) is 15.0 Å². The Hall–Kier alpha value is -2.49. The molecule has 1 aliphatic heterocycles. The minimum Gasteiger partial charge on any atom is -0.508 e. The summed E-state index contributed by atoms with van der Waals surface area (Å²) in [6.45, 7) is 1.82. The molecule has 0 bridgehead atoms. The van der Waals surface area contributed by atoms with Crippen LogP contribution in [0.4, 0.5) is 0 Å². The van der Waals surface area contributed by atoms with Crippen molar-refractivity contribution < 1.29 is 19.7 Å². The summed E-state index contributed by atoms with van der Waals surface area (Å²) in [5.41, 5.74) is 1.28. The summed E-state index contributed by atoms with van der Waals surface area (Å²) < 4.78 is 5.74. The largest absolute Gasteiger partial charge is 0.508 e. The number of benzene rings is 2. The Bertz CT molecular complexity index is 661. The summed E-state index contributed by atoms with van der Waals surface area (Å²) >= 11 is 0. The fraction of sp³-hybridized carbons (Fsp3) is 0.188. The molecule has 102 valence electrons. The van der Waals surface area contributed by atoms with Crippen LogP contribution >= 0.6 is 0 Å². The third-order valence-corrected chi connectivity index (χ3v) is 3.55. The summed E-state index contributed by atoms with van der Waals surface area (Å²) in [4.78, 5) is 12.6. The van der Waals surface area contributed by atoms with Crippen LogP contribution in [0, 0.1) is 0 Å². The van der Waals surface area contributed by atoms with E-state index in [1.165, 1.54) is 12.1 Å². The van der Waals surface area contributed by atoms with Gasteiger partial charge in [0, 0.05) is 6.07 Å². The Morgan fingerprint density at radius 1 is 1.00 bits per heavy atom. The molecule has 0 saturated heterocycles. The SMILES string of the molecule is CC1Oc2cc(O)ccc2C(=O)C1c1ccc(O)cc1. The highest BCUT2D eigenvalue weighted by molar-refractivity contribution is 6.04. The molecule has 0 radical (unpaired) electrons. The predicted molar refractivity (Wildman–Crippen MR) is 73.4 cm³/mol. The Morgan fingerprint density at radius 3 is 2.35 bits per heavy atom. The van der Waals surface area contributed by atoms with Crippen LogP contribution in [0.5, 0.6) is 17.2 Å². The van der Waals surface area contributed by atoms with Gasteiger partial charge in [-0.15, -0.1) is 0 Å². The van der Waals surface area contributed by atoms with Gasteiger partial charge in [0.15, 0.2) is 5.78 Å². The van der Waals surface area contributed by atoms with E-state index in [1.54, 1.807) is 30.3 Å². The van der Waals surface area contributed by atoms with Crippen molar-refractivity contribution >= 4 is 5.78 Å². The second kappa shape index (κ2) is 4.56. The van der Waals surface area contributed by atoms with Crippen molar-refractivity contribution in [1.29, 1.82) is 0 Å². The Morgan fingerprint density at radius 2 is 1.65 bits per heavy atom. The smallest absolute Gasteiger partial charge is 0.177 e. The first-order valence-electron chi connectivity index (χ1n) is 6.39. The zero-order valence-electron chi connectivity index (χ0n) is 10.9. The maximum Gasteiger partial charge on any atom is 0.177 e. The molecule has 1 heterocycles. The second-order valence-corrected chi connectivity index (χ2v) is 4.94. The van der Waals surface area contributed by atoms with E-state index in [1.807, 2.05) is 6.92 Å². The normalized spacial score (nSPS) is 21.1. The van der Waals surface area contributed by atoms with Crippen LogP contribution in [-0.2, 0) is 0 Å². The van der Waals surface area contributed by atoms with E-state index < -0.39 is 5.92 Å². The van der Waals surface area contributed by atoms with E-state index in [4.69, 9.17) is 4.74 Å². The quantitative estimate of drug-likeness (QED) is 0.836. The molecule has 0 fully saturated rings. The summed E-state index contributed by atoms with van der Waals surface area (Å²) in [5.74, 6) is 0.206. The van der Waals surface area contributed by atoms with Gasteiger partial charge in [0.25, 0.3) is 0 Å². The van der Waals surface area contributed by atoms with Crippen molar-refractivity contribution in [1.82, 2.24) is 0 Å². The average Bonchev–Trinajstić information content (AvgIpc) is 2.40. The molecule has 2 unspecified atom stereocenters. The van der Waals surface area contributed by atoms with Crippen molar-refractivity contribution in [3.63, 3.8) is 0 Å². The minimum atomic E-state index is -0.410. The van der Waals surface area contributed by atoms with E-state index in [0.29, 0.717) is 11.3 Å². The molecule has 0 amide bonds. The minimum absolute atomic E-state index is 0.0376. The Labute approximate surface area is 116 Å². The summed E-state index contributed by atoms with van der Waals surface area (Å²) in [5, 5.41) is 18.8. The van der Waals surface area contributed by atoms with Crippen LogP contribution in [0.3, 0.4) is 0 Å². The first-order valence-corrected chi connectivity index (χ1v) is 6.39. The van der Waals surface area contributed by atoms with Gasteiger partial charge in [0.1, 0.15) is 23.4 Å². The predicted octanol–water partition coefficient (Wildman–Crippen LogP) is 2.85. The van der Waals surface area contributed by atoms with Crippen molar-refractivity contribution in [2.45, 2.75) is 18.9 Å². The lowest BCUT2D eigenvalue weighted by Gasteiger charge is -2.30. The van der Waals surface area contributed by atoms with Gasteiger partial charge in [-0.05, 0) is 36.8 Å². The third-order valence-electron chi connectivity index (χ3n) is 3.55. The summed E-state index contributed by atoms with van der Waals surface area (Å²) in [6.07, 6.45) is -0.332. The second-order valence-electron chi connectivity index (χ2n) is 4.94. The number of fused-ring (bicyclic) bond motifs is 1. The number of ether oxygens (including phenoxy) is 1. The lowest BCUT2D eigenvalue weighted by molar-refractivity contribution is 0.0810. The van der Waals surface area contributed by atoms with Gasteiger partial charge in [-0.1, -0.05) is 12.1 Å². The fourth-order valence-corrected chi connectivity index (χ4v) is 2.57. The average molecular weight is 270 g/mol. The van der Waals surface area contributed by atoms with Gasteiger partial charge in [0.2, 0.25) is 0 Å². The van der Waals surface area contributed by atoms with Crippen molar-refractivity contribution in [3.05, 3.63) is 53.6 Å². The molecule has 2 aromatic rings. The zero-order chi connectivity index (χ0) is 14.3. The number of carbonyl (C=O) groups is 1. The lowest BCUT2D eigenvalue weighted by atomic mass is 9.84. The third kappa shape index (κ3) is 1.99. The number of phenolic OH excluding ortho intramolecular Hbond substituents is 2. The van der Waals surface area contributed by atoms with E-state index in [0.717, 1.165) is 5.56 Å². The number of aromatic hydroxyl groups is 2. The number of carbonyl (C=O) groups excluding carboxylic acids is 1. The maximum atomic E-state index is 12.6. The Balaban J connectivity index is 2.04. The molecule has 4 heteroatoms. The highest BCUT2D eigenvalue weighted by Gasteiger charge is 2.35. The van der Waals surface area contributed by atoms with E-state index in [-0.39, 0.29) is 23.4 Å². The van der Waals surface area contributed by atoms with Crippen LogP contribution in [-0.4, -0.2) is 22.1 Å². The molecular formula is C16H14O4. The molecule has 0 saturated carbocycles. The first kappa shape index (κ1) is 12.5. The van der Waals surface area contributed by atoms with E-state index in [2.05, 4.69) is 0 Å². The van der Waals surface area contributed by atoms with Crippen molar-refractivity contribution in [3.8, 4) is 17.2 Å². The molecule has 0 aliphatic carbocycles. The maximum absolute atomic E-state index is 12.6. The van der Waals surface area contributed by atoms with Gasteiger partial charge >= 0.3 is 0 Å². The number of ketones is 1. The standard InChI is InChI=1S/C16H14O4/c1-9-15(10-2-4-11(17)5-3-10)16(19)13-7-6-12(18)8-14(13)20-9/h2-9,15,17-18H,1H3. The number of hydrogen-bond donors (Lipinski definition) is 2. The number of phenols is 2. The van der Waals surface area contributed by atoms with Crippen LogP contribution in [0.25, 0.3) is 0 Å². The lowest BCUT2D eigenvalue weighted by Crippen LogP contribution is -2.33. The monoisotopic (exact) mass is 270 g/mol. The van der Waals surface area contributed by atoms with Crippen LogP contribution in [0.2, 0.25) is 0 Å². The molecule has 2 aromatic carbocycles. The molecule has 2 N–H and O–H groups in total. The van der Waals surface area contributed by atoms with E-state index >= 15 is 0 Å². The zero-order valence-corrected chi connectivity index (χ0v) is 10.9. The molecule has 0 aromatic heterocycles.